The highest BCUT2D eigenvalue weighted by atomic mass is 32.2. The van der Waals surface area contributed by atoms with Crippen molar-refractivity contribution in [3.05, 3.63) is 29.8 Å². The normalized spacial score (nSPS) is 23.4. The van der Waals surface area contributed by atoms with Gasteiger partial charge in [0.2, 0.25) is 10.0 Å². The molecule has 5 nitrogen and oxygen atoms in total. The summed E-state index contributed by atoms with van der Waals surface area (Å²) < 4.78 is 52.1. The van der Waals surface area contributed by atoms with E-state index in [-0.39, 0.29) is 5.75 Å². The molecule has 1 saturated heterocycles. The molecule has 1 aliphatic heterocycles. The van der Waals surface area contributed by atoms with Gasteiger partial charge in [0.05, 0.1) is 10.3 Å². The molecule has 2 unspecified atom stereocenters. The molecule has 1 aromatic rings. The van der Waals surface area contributed by atoms with Crippen LogP contribution in [0.5, 0.6) is 0 Å². The van der Waals surface area contributed by atoms with E-state index in [0.717, 1.165) is 10.4 Å². The Morgan fingerprint density at radius 1 is 1.43 bits per heavy atom. The average Bonchev–Trinajstić information content (AvgIpc) is 2.86. The number of benzene rings is 1. The first-order valence-corrected chi connectivity index (χ1v) is 8.61. The highest BCUT2D eigenvalue weighted by molar-refractivity contribution is 8.01. The summed E-state index contributed by atoms with van der Waals surface area (Å²) >= 11 is 1.21. The van der Waals surface area contributed by atoms with Crippen LogP contribution in [0, 0.1) is 11.6 Å². The van der Waals surface area contributed by atoms with Gasteiger partial charge in [-0.3, -0.25) is 4.79 Å². The Labute approximate surface area is 125 Å². The van der Waals surface area contributed by atoms with Gasteiger partial charge in [-0.1, -0.05) is 6.92 Å². The zero-order valence-corrected chi connectivity index (χ0v) is 12.6. The minimum absolute atomic E-state index is 0.122. The number of sulfonamides is 1. The topological polar surface area (TPSA) is 74.7 Å². The molecule has 0 amide bonds. The first-order chi connectivity index (χ1) is 9.78. The summed E-state index contributed by atoms with van der Waals surface area (Å²) in [6.45, 7) is 1.73. The third-order valence-corrected chi connectivity index (χ3v) is 6.64. The van der Waals surface area contributed by atoms with Crippen LogP contribution in [0.15, 0.2) is 23.1 Å². The molecular weight excluding hydrogens is 324 g/mol. The van der Waals surface area contributed by atoms with Crippen LogP contribution in [0.1, 0.15) is 13.3 Å². The summed E-state index contributed by atoms with van der Waals surface area (Å²) in [4.78, 5) is 10.8. The van der Waals surface area contributed by atoms with Gasteiger partial charge in [-0.15, -0.1) is 11.8 Å². The summed E-state index contributed by atoms with van der Waals surface area (Å²) in [6.07, 6.45) is 0.414. The molecule has 0 aromatic heterocycles. The van der Waals surface area contributed by atoms with Gasteiger partial charge in [0.25, 0.3) is 0 Å². The smallest absolute Gasteiger partial charge is 0.322 e. The van der Waals surface area contributed by atoms with Gasteiger partial charge in [-0.2, -0.15) is 4.31 Å². The number of carboxylic acids is 1. The molecule has 0 saturated carbocycles. The van der Waals surface area contributed by atoms with Crippen LogP contribution in [0.25, 0.3) is 0 Å². The number of hydrogen-bond acceptors (Lipinski definition) is 4. The maximum atomic E-state index is 13.3. The fraction of sp³-hybridized carbons (Fsp3) is 0.417. The molecule has 0 spiro atoms. The van der Waals surface area contributed by atoms with Crippen LogP contribution in [0.3, 0.4) is 0 Å². The predicted molar refractivity (Wildman–Crippen MR) is 73.3 cm³/mol. The molecule has 116 valence electrons. The molecule has 0 bridgehead atoms. The van der Waals surface area contributed by atoms with Crippen molar-refractivity contribution < 1.29 is 27.1 Å². The zero-order valence-electron chi connectivity index (χ0n) is 11.0. The second-order valence-corrected chi connectivity index (χ2v) is 7.52. The van der Waals surface area contributed by atoms with Crippen molar-refractivity contribution in [3.8, 4) is 0 Å². The SMILES string of the molecule is CCC1SCC(C(=O)O)N1S(=O)(=O)c1ccc(F)c(F)c1. The van der Waals surface area contributed by atoms with Gasteiger partial charge in [0.15, 0.2) is 11.6 Å². The quantitative estimate of drug-likeness (QED) is 0.908. The van der Waals surface area contributed by atoms with Crippen LogP contribution in [-0.4, -0.2) is 41.0 Å². The maximum Gasteiger partial charge on any atom is 0.322 e. The second kappa shape index (κ2) is 5.90. The number of rotatable bonds is 4. The number of carbonyl (C=O) groups is 1. The van der Waals surface area contributed by atoms with Gasteiger partial charge in [0.1, 0.15) is 6.04 Å². The Hall–Kier alpha value is -1.19. The van der Waals surface area contributed by atoms with Crippen LogP contribution >= 0.6 is 11.8 Å². The Morgan fingerprint density at radius 2 is 2.10 bits per heavy atom. The Kier molecular flexibility index (Phi) is 4.54. The van der Waals surface area contributed by atoms with Crippen molar-refractivity contribution in [2.24, 2.45) is 0 Å². The maximum absolute atomic E-state index is 13.3. The standard InChI is InChI=1S/C12H13F2NO4S2/c1-2-11-15(10(6-20-11)12(16)17)21(18,19)7-3-4-8(13)9(14)5-7/h3-5,10-11H,2,6H2,1H3,(H,16,17). The molecule has 1 fully saturated rings. The first-order valence-electron chi connectivity index (χ1n) is 6.12. The Balaban J connectivity index is 2.49. The average molecular weight is 337 g/mol. The molecule has 1 N–H and O–H groups in total. The number of thioether (sulfide) groups is 1. The highest BCUT2D eigenvalue weighted by Gasteiger charge is 2.45. The van der Waals surface area contributed by atoms with E-state index in [1.54, 1.807) is 6.92 Å². The molecule has 2 rings (SSSR count). The third kappa shape index (κ3) is 2.90. The van der Waals surface area contributed by atoms with E-state index in [1.807, 2.05) is 0 Å². The van der Waals surface area contributed by atoms with Gasteiger partial charge in [-0.25, -0.2) is 17.2 Å². The van der Waals surface area contributed by atoms with E-state index >= 15 is 0 Å². The van der Waals surface area contributed by atoms with Crippen molar-refractivity contribution in [1.29, 1.82) is 0 Å². The molecule has 2 atom stereocenters. The summed E-state index contributed by atoms with van der Waals surface area (Å²) in [5, 5.41) is 8.61. The van der Waals surface area contributed by atoms with Crippen molar-refractivity contribution >= 4 is 27.8 Å². The number of hydrogen-bond donors (Lipinski definition) is 1. The predicted octanol–water partition coefficient (Wildman–Crippen LogP) is 1.89. The Morgan fingerprint density at radius 3 is 2.62 bits per heavy atom. The summed E-state index contributed by atoms with van der Waals surface area (Å²) in [7, 11) is -4.21. The number of aliphatic carboxylic acids is 1. The lowest BCUT2D eigenvalue weighted by atomic mass is 10.3. The van der Waals surface area contributed by atoms with E-state index in [0.29, 0.717) is 18.6 Å². The van der Waals surface area contributed by atoms with Gasteiger partial charge >= 0.3 is 5.97 Å². The minimum Gasteiger partial charge on any atom is -0.480 e. The zero-order chi connectivity index (χ0) is 15.8. The lowest BCUT2D eigenvalue weighted by molar-refractivity contribution is -0.140. The van der Waals surface area contributed by atoms with Crippen LogP contribution in [-0.2, 0) is 14.8 Å². The fourth-order valence-electron chi connectivity index (χ4n) is 2.11. The molecule has 1 aliphatic rings. The van der Waals surface area contributed by atoms with Crippen molar-refractivity contribution in [2.75, 3.05) is 5.75 Å². The summed E-state index contributed by atoms with van der Waals surface area (Å²) in [5.74, 6) is -3.59. The number of carboxylic acid groups (broad SMARTS) is 1. The second-order valence-electron chi connectivity index (χ2n) is 4.46. The first kappa shape index (κ1) is 16.2. The van der Waals surface area contributed by atoms with Gasteiger partial charge in [-0.05, 0) is 24.6 Å². The van der Waals surface area contributed by atoms with E-state index in [1.165, 1.54) is 11.8 Å². The number of halogens is 2. The summed E-state index contributed by atoms with van der Waals surface area (Å²) in [5.41, 5.74) is 0. The van der Waals surface area contributed by atoms with Crippen LogP contribution in [0.2, 0.25) is 0 Å². The van der Waals surface area contributed by atoms with Gasteiger partial charge in [0, 0.05) is 5.75 Å². The lowest BCUT2D eigenvalue weighted by Gasteiger charge is -2.25. The van der Waals surface area contributed by atoms with E-state index in [2.05, 4.69) is 0 Å². The molecule has 21 heavy (non-hydrogen) atoms. The third-order valence-electron chi connectivity index (χ3n) is 3.14. The molecular formula is C12H13F2NO4S2. The lowest BCUT2D eigenvalue weighted by Crippen LogP contribution is -2.45. The largest absolute Gasteiger partial charge is 0.480 e. The molecule has 0 aliphatic carbocycles. The number of nitrogens with zero attached hydrogens (tertiary/aromatic N) is 1. The summed E-state index contributed by atoms with van der Waals surface area (Å²) in [6, 6.07) is 1.00. The molecule has 9 heteroatoms. The van der Waals surface area contributed by atoms with Crippen LogP contribution in [0.4, 0.5) is 8.78 Å². The highest BCUT2D eigenvalue weighted by Crippen LogP contribution is 2.36. The van der Waals surface area contributed by atoms with Crippen LogP contribution < -0.4 is 0 Å². The minimum atomic E-state index is -4.21. The van der Waals surface area contributed by atoms with E-state index in [4.69, 9.17) is 5.11 Å². The fourth-order valence-corrected chi connectivity index (χ4v) is 5.66. The van der Waals surface area contributed by atoms with E-state index < -0.39 is 43.9 Å². The molecule has 1 heterocycles. The molecule has 1 aromatic carbocycles. The molecule has 0 radical (unpaired) electrons. The van der Waals surface area contributed by atoms with Gasteiger partial charge < -0.3 is 5.11 Å². The van der Waals surface area contributed by atoms with Crippen molar-refractivity contribution in [2.45, 2.75) is 29.7 Å². The monoisotopic (exact) mass is 337 g/mol. The van der Waals surface area contributed by atoms with Crippen molar-refractivity contribution in [1.82, 2.24) is 4.31 Å². The van der Waals surface area contributed by atoms with E-state index in [9.17, 15) is 22.0 Å². The van der Waals surface area contributed by atoms with Crippen molar-refractivity contribution in [3.63, 3.8) is 0 Å². The Bertz CT molecular complexity index is 665.